The van der Waals surface area contributed by atoms with Crippen LogP contribution in [0.5, 0.6) is 5.75 Å². The Bertz CT molecular complexity index is 632. The molecule has 1 aromatic rings. The number of carbonyl (C=O) groups is 2. The molecule has 5 heteroatoms. The van der Waals surface area contributed by atoms with E-state index in [1.807, 2.05) is 24.3 Å². The molecular formula is C18H21NO4. The van der Waals surface area contributed by atoms with Gasteiger partial charge in [-0.05, 0) is 31.9 Å². The van der Waals surface area contributed by atoms with Crippen molar-refractivity contribution in [1.82, 2.24) is 5.32 Å². The molecule has 0 spiro atoms. The zero-order chi connectivity index (χ0) is 16.2. The van der Waals surface area contributed by atoms with Gasteiger partial charge in [0.25, 0.3) is 5.91 Å². The molecule has 1 saturated carbocycles. The number of ether oxygens (including phenoxy) is 2. The molecule has 0 radical (unpaired) electrons. The molecule has 122 valence electrons. The number of esters is 1. The van der Waals surface area contributed by atoms with E-state index >= 15 is 0 Å². The maximum atomic E-state index is 12.2. The molecule has 1 atom stereocenters. The summed E-state index contributed by atoms with van der Waals surface area (Å²) in [5.41, 5.74) is 1.26. The zero-order valence-corrected chi connectivity index (χ0v) is 13.2. The van der Waals surface area contributed by atoms with Gasteiger partial charge in [-0.15, -0.1) is 0 Å². The molecule has 1 aliphatic heterocycles. The van der Waals surface area contributed by atoms with Crippen molar-refractivity contribution < 1.29 is 19.1 Å². The van der Waals surface area contributed by atoms with Gasteiger partial charge < -0.3 is 14.8 Å². The number of hydrogen-bond donors (Lipinski definition) is 1. The first-order chi connectivity index (χ1) is 11.1. The fourth-order valence-electron chi connectivity index (χ4n) is 2.91. The Balaban J connectivity index is 1.58. The summed E-state index contributed by atoms with van der Waals surface area (Å²) < 4.78 is 10.8. The first kappa shape index (κ1) is 15.6. The molecule has 1 heterocycles. The molecule has 2 aliphatic rings. The lowest BCUT2D eigenvalue weighted by Crippen LogP contribution is -2.41. The molecule has 0 aromatic heterocycles. The van der Waals surface area contributed by atoms with Crippen LogP contribution in [0.3, 0.4) is 0 Å². The number of nitrogens with one attached hydrogen (secondary N) is 1. The molecule has 0 bridgehead atoms. The van der Waals surface area contributed by atoms with Crippen LogP contribution >= 0.6 is 0 Å². The molecular weight excluding hydrogens is 294 g/mol. The monoisotopic (exact) mass is 315 g/mol. The Kier molecular flexibility index (Phi) is 4.65. The Hall–Kier alpha value is -2.30. The maximum Gasteiger partial charge on any atom is 0.338 e. The Morgan fingerprint density at radius 2 is 2.00 bits per heavy atom. The minimum absolute atomic E-state index is 0.160. The van der Waals surface area contributed by atoms with Crippen LogP contribution in [0.15, 0.2) is 29.8 Å². The molecule has 23 heavy (non-hydrogen) atoms. The van der Waals surface area contributed by atoms with Crippen LogP contribution in [0.1, 0.15) is 38.2 Å². The highest BCUT2D eigenvalue weighted by atomic mass is 16.6. The third-order valence-electron chi connectivity index (χ3n) is 4.25. The molecule has 5 nitrogen and oxygen atoms in total. The highest BCUT2D eigenvalue weighted by molar-refractivity contribution is 5.96. The molecule has 1 amide bonds. The number of para-hydroxylation sites is 1. The summed E-state index contributed by atoms with van der Waals surface area (Å²) in [5, 5.41) is 2.94. The Labute approximate surface area is 135 Å². The minimum Gasteiger partial charge on any atom is -0.488 e. The van der Waals surface area contributed by atoms with E-state index in [-0.39, 0.29) is 18.6 Å². The molecule has 3 rings (SSSR count). The van der Waals surface area contributed by atoms with E-state index in [0.29, 0.717) is 5.57 Å². The largest absolute Gasteiger partial charge is 0.488 e. The van der Waals surface area contributed by atoms with Crippen molar-refractivity contribution in [3.63, 3.8) is 0 Å². The summed E-state index contributed by atoms with van der Waals surface area (Å²) >= 11 is 0. The average Bonchev–Trinajstić information content (AvgIpc) is 3.07. The van der Waals surface area contributed by atoms with Crippen LogP contribution in [0.25, 0.3) is 6.08 Å². The molecule has 1 fully saturated rings. The van der Waals surface area contributed by atoms with Gasteiger partial charge in [-0.25, -0.2) is 4.79 Å². The van der Waals surface area contributed by atoms with Gasteiger partial charge >= 0.3 is 5.97 Å². The highest BCUT2D eigenvalue weighted by Gasteiger charge is 2.25. The predicted octanol–water partition coefficient (Wildman–Crippen LogP) is 2.45. The van der Waals surface area contributed by atoms with E-state index in [2.05, 4.69) is 5.32 Å². The summed E-state index contributed by atoms with van der Waals surface area (Å²) in [6, 6.07) is 7.70. The molecule has 1 aliphatic carbocycles. The summed E-state index contributed by atoms with van der Waals surface area (Å²) in [7, 11) is 0. The topological polar surface area (TPSA) is 64.6 Å². The first-order valence-electron chi connectivity index (χ1n) is 8.07. The van der Waals surface area contributed by atoms with Crippen LogP contribution in [0.4, 0.5) is 0 Å². The van der Waals surface area contributed by atoms with E-state index in [4.69, 9.17) is 9.47 Å². The van der Waals surface area contributed by atoms with Crippen molar-refractivity contribution in [2.75, 3.05) is 6.61 Å². The summed E-state index contributed by atoms with van der Waals surface area (Å²) in [4.78, 5) is 24.3. The minimum atomic E-state index is -0.804. The van der Waals surface area contributed by atoms with Crippen molar-refractivity contribution in [3.05, 3.63) is 35.4 Å². The van der Waals surface area contributed by atoms with Crippen molar-refractivity contribution in [1.29, 1.82) is 0 Å². The summed E-state index contributed by atoms with van der Waals surface area (Å²) in [5.74, 6) is 0.00706. The van der Waals surface area contributed by atoms with Crippen molar-refractivity contribution >= 4 is 18.0 Å². The molecule has 0 saturated heterocycles. The smallest absolute Gasteiger partial charge is 0.338 e. The Morgan fingerprint density at radius 3 is 2.78 bits per heavy atom. The lowest BCUT2D eigenvalue weighted by atomic mass is 10.1. The first-order valence-corrected chi connectivity index (χ1v) is 8.07. The number of benzene rings is 1. The molecule has 0 unspecified atom stereocenters. The second-order valence-corrected chi connectivity index (χ2v) is 6.03. The fraction of sp³-hybridized carbons (Fsp3) is 0.444. The van der Waals surface area contributed by atoms with Crippen LogP contribution < -0.4 is 10.1 Å². The van der Waals surface area contributed by atoms with Crippen LogP contribution in [-0.2, 0) is 14.3 Å². The second-order valence-electron chi connectivity index (χ2n) is 6.03. The van der Waals surface area contributed by atoms with Crippen LogP contribution in [0, 0.1) is 0 Å². The maximum absolute atomic E-state index is 12.2. The number of fused-ring (bicyclic) bond motifs is 1. The highest BCUT2D eigenvalue weighted by Crippen LogP contribution is 2.26. The SMILES string of the molecule is C[C@H](OC(=O)C1=Cc2ccccc2OC1)C(=O)NC1CCCC1. The van der Waals surface area contributed by atoms with Gasteiger partial charge in [0.2, 0.25) is 0 Å². The van der Waals surface area contributed by atoms with Crippen molar-refractivity contribution in [2.24, 2.45) is 0 Å². The lowest BCUT2D eigenvalue weighted by molar-refractivity contribution is -0.151. The fourth-order valence-corrected chi connectivity index (χ4v) is 2.91. The van der Waals surface area contributed by atoms with Crippen LogP contribution in [0.2, 0.25) is 0 Å². The molecule has 1 aromatic carbocycles. The summed E-state index contributed by atoms with van der Waals surface area (Å²) in [6.45, 7) is 1.76. The number of carbonyl (C=O) groups excluding carboxylic acids is 2. The normalized spacial score (nSPS) is 18.4. The zero-order valence-electron chi connectivity index (χ0n) is 13.2. The summed E-state index contributed by atoms with van der Waals surface area (Å²) in [6.07, 6.45) is 5.24. The van der Waals surface area contributed by atoms with Gasteiger partial charge in [-0.2, -0.15) is 0 Å². The van der Waals surface area contributed by atoms with Gasteiger partial charge in [0.1, 0.15) is 12.4 Å². The van der Waals surface area contributed by atoms with E-state index < -0.39 is 12.1 Å². The van der Waals surface area contributed by atoms with Gasteiger partial charge in [0.15, 0.2) is 6.10 Å². The van der Waals surface area contributed by atoms with Crippen LogP contribution in [-0.4, -0.2) is 30.6 Å². The second kappa shape index (κ2) is 6.86. The van der Waals surface area contributed by atoms with E-state index in [1.165, 1.54) is 0 Å². The standard InChI is InChI=1S/C18H21NO4/c1-12(17(20)19-15-7-3-4-8-15)23-18(21)14-10-13-6-2-5-9-16(13)22-11-14/h2,5-6,9-10,12,15H,3-4,7-8,11H2,1H3,(H,19,20)/t12-/m0/s1. The van der Waals surface area contributed by atoms with E-state index in [0.717, 1.165) is 37.0 Å². The number of amides is 1. The Morgan fingerprint density at radius 1 is 1.26 bits per heavy atom. The van der Waals surface area contributed by atoms with E-state index in [1.54, 1.807) is 13.0 Å². The number of rotatable bonds is 4. The average molecular weight is 315 g/mol. The van der Waals surface area contributed by atoms with Crippen molar-refractivity contribution in [2.45, 2.75) is 44.8 Å². The van der Waals surface area contributed by atoms with Gasteiger partial charge in [0, 0.05) is 11.6 Å². The molecule has 1 N–H and O–H groups in total. The van der Waals surface area contributed by atoms with Gasteiger partial charge in [0.05, 0.1) is 5.57 Å². The van der Waals surface area contributed by atoms with Crippen molar-refractivity contribution in [3.8, 4) is 5.75 Å². The lowest BCUT2D eigenvalue weighted by Gasteiger charge is -2.20. The quantitative estimate of drug-likeness (QED) is 0.867. The third-order valence-corrected chi connectivity index (χ3v) is 4.25. The predicted molar refractivity (Wildman–Crippen MR) is 85.9 cm³/mol. The number of hydrogen-bond acceptors (Lipinski definition) is 4. The van der Waals surface area contributed by atoms with Gasteiger partial charge in [-0.3, -0.25) is 4.79 Å². The van der Waals surface area contributed by atoms with Gasteiger partial charge in [-0.1, -0.05) is 31.0 Å². The van der Waals surface area contributed by atoms with E-state index in [9.17, 15) is 9.59 Å². The third kappa shape index (κ3) is 3.73.